The maximum atomic E-state index is 12.4. The molecule has 2 heterocycles. The van der Waals surface area contributed by atoms with Gasteiger partial charge in [0, 0.05) is 30.8 Å². The SMILES string of the molecule is CC1(C)CC(=O)c2cc(C(=O)N3CCCC3)c(=O)[nH]c2C1. The van der Waals surface area contributed by atoms with Gasteiger partial charge in [-0.25, -0.2) is 0 Å². The smallest absolute Gasteiger partial charge is 0.261 e. The van der Waals surface area contributed by atoms with Gasteiger partial charge >= 0.3 is 0 Å². The summed E-state index contributed by atoms with van der Waals surface area (Å²) in [5.74, 6) is -0.248. The van der Waals surface area contributed by atoms with Gasteiger partial charge in [-0.2, -0.15) is 0 Å². The molecule has 1 aromatic heterocycles. The number of nitrogens with one attached hydrogen (secondary N) is 1. The summed E-state index contributed by atoms with van der Waals surface area (Å²) in [4.78, 5) is 41.3. The van der Waals surface area contributed by atoms with Gasteiger partial charge in [0.1, 0.15) is 5.56 Å². The first-order valence-corrected chi connectivity index (χ1v) is 7.46. The number of Topliss-reactive ketones (excluding diaryl/α,β-unsaturated/α-hetero) is 1. The first kappa shape index (κ1) is 14.0. The second-order valence-corrected chi connectivity index (χ2v) is 6.84. The minimum absolute atomic E-state index is 0.00738. The first-order valence-electron chi connectivity index (χ1n) is 7.46. The zero-order valence-corrected chi connectivity index (χ0v) is 12.5. The number of pyridine rings is 1. The van der Waals surface area contributed by atoms with E-state index in [1.807, 2.05) is 13.8 Å². The zero-order valence-electron chi connectivity index (χ0n) is 12.5. The third-order valence-electron chi connectivity index (χ3n) is 4.34. The van der Waals surface area contributed by atoms with E-state index < -0.39 is 0 Å². The fourth-order valence-electron chi connectivity index (χ4n) is 3.28. The van der Waals surface area contributed by atoms with Gasteiger partial charge in [-0.1, -0.05) is 13.8 Å². The lowest BCUT2D eigenvalue weighted by Crippen LogP contribution is -2.36. The van der Waals surface area contributed by atoms with Gasteiger partial charge in [0.25, 0.3) is 11.5 Å². The highest BCUT2D eigenvalue weighted by atomic mass is 16.2. The highest BCUT2D eigenvalue weighted by molar-refractivity contribution is 6.02. The topological polar surface area (TPSA) is 70.2 Å². The average molecular weight is 288 g/mol. The number of aromatic nitrogens is 1. The fourth-order valence-corrected chi connectivity index (χ4v) is 3.28. The lowest BCUT2D eigenvalue weighted by Gasteiger charge is -2.30. The molecule has 1 fully saturated rings. The molecule has 3 rings (SSSR count). The van der Waals surface area contributed by atoms with Crippen molar-refractivity contribution in [3.63, 3.8) is 0 Å². The Morgan fingerprint density at radius 3 is 2.52 bits per heavy atom. The van der Waals surface area contributed by atoms with Crippen molar-refractivity contribution in [2.24, 2.45) is 5.41 Å². The number of carbonyl (C=O) groups excluding carboxylic acids is 2. The van der Waals surface area contributed by atoms with E-state index in [0.717, 1.165) is 12.8 Å². The highest BCUT2D eigenvalue weighted by Gasteiger charge is 2.33. The van der Waals surface area contributed by atoms with E-state index in [4.69, 9.17) is 0 Å². The van der Waals surface area contributed by atoms with Gasteiger partial charge < -0.3 is 9.88 Å². The van der Waals surface area contributed by atoms with Gasteiger partial charge in [-0.15, -0.1) is 0 Å². The number of nitrogens with zero attached hydrogens (tertiary/aromatic N) is 1. The molecule has 0 saturated carbocycles. The van der Waals surface area contributed by atoms with Gasteiger partial charge in [-0.05, 0) is 30.7 Å². The molecular formula is C16H20N2O3. The molecule has 0 aromatic carbocycles. The maximum absolute atomic E-state index is 12.4. The van der Waals surface area contributed by atoms with Crippen LogP contribution in [-0.4, -0.2) is 34.7 Å². The van der Waals surface area contributed by atoms with Crippen LogP contribution in [0.1, 0.15) is 59.5 Å². The van der Waals surface area contributed by atoms with Crippen molar-refractivity contribution in [3.8, 4) is 0 Å². The Labute approximate surface area is 123 Å². The maximum Gasteiger partial charge on any atom is 0.261 e. The molecule has 1 N–H and O–H groups in total. The van der Waals surface area contributed by atoms with Gasteiger partial charge in [0.05, 0.1) is 0 Å². The Balaban J connectivity index is 2.02. The number of carbonyl (C=O) groups is 2. The Bertz CT molecular complexity index is 667. The first-order chi connectivity index (χ1) is 9.87. The molecule has 1 aromatic rings. The van der Waals surface area contributed by atoms with Crippen LogP contribution in [0.15, 0.2) is 10.9 Å². The Hall–Kier alpha value is -1.91. The standard InChI is InChI=1S/C16H20N2O3/c1-16(2)8-12-10(13(19)9-16)7-11(14(20)17-12)15(21)18-5-3-4-6-18/h7H,3-6,8-9H2,1-2H3,(H,17,20). The normalized spacial score (nSPS) is 20.5. The van der Waals surface area contributed by atoms with Crippen LogP contribution in [0.3, 0.4) is 0 Å². The molecular weight excluding hydrogens is 268 g/mol. The second-order valence-electron chi connectivity index (χ2n) is 6.84. The van der Waals surface area contributed by atoms with Crippen LogP contribution in [0, 0.1) is 5.41 Å². The van der Waals surface area contributed by atoms with Crippen molar-refractivity contribution in [2.75, 3.05) is 13.1 Å². The molecule has 1 saturated heterocycles. The van der Waals surface area contributed by atoms with Crippen LogP contribution >= 0.6 is 0 Å². The van der Waals surface area contributed by atoms with E-state index >= 15 is 0 Å². The number of fused-ring (bicyclic) bond motifs is 1. The summed E-state index contributed by atoms with van der Waals surface area (Å²) < 4.78 is 0. The van der Waals surface area contributed by atoms with E-state index in [1.54, 1.807) is 4.90 Å². The molecule has 112 valence electrons. The molecule has 2 aliphatic rings. The molecule has 21 heavy (non-hydrogen) atoms. The summed E-state index contributed by atoms with van der Waals surface area (Å²) in [5, 5.41) is 0. The van der Waals surface area contributed by atoms with Crippen LogP contribution in [0.2, 0.25) is 0 Å². The van der Waals surface area contributed by atoms with Gasteiger partial charge in [0.2, 0.25) is 0 Å². The van der Waals surface area contributed by atoms with E-state index in [9.17, 15) is 14.4 Å². The van der Waals surface area contributed by atoms with Crippen LogP contribution in [0.25, 0.3) is 0 Å². The highest BCUT2D eigenvalue weighted by Crippen LogP contribution is 2.33. The van der Waals surface area contributed by atoms with E-state index in [1.165, 1.54) is 6.07 Å². The number of H-pyrrole nitrogens is 1. The molecule has 5 nitrogen and oxygen atoms in total. The van der Waals surface area contributed by atoms with E-state index in [2.05, 4.69) is 4.98 Å². The summed E-state index contributed by atoms with van der Waals surface area (Å²) in [6, 6.07) is 1.51. The Morgan fingerprint density at radius 2 is 1.86 bits per heavy atom. The second kappa shape index (κ2) is 4.83. The molecule has 0 bridgehead atoms. The van der Waals surface area contributed by atoms with Crippen molar-refractivity contribution in [2.45, 2.75) is 39.5 Å². The monoisotopic (exact) mass is 288 g/mol. The summed E-state index contributed by atoms with van der Waals surface area (Å²) in [6.45, 7) is 5.40. The summed E-state index contributed by atoms with van der Waals surface area (Å²) in [5.41, 5.74) is 0.753. The lowest BCUT2D eigenvalue weighted by molar-refractivity contribution is 0.0791. The molecule has 5 heteroatoms. The number of hydrogen-bond donors (Lipinski definition) is 1. The summed E-state index contributed by atoms with van der Waals surface area (Å²) >= 11 is 0. The molecule has 1 aliphatic carbocycles. The van der Waals surface area contributed by atoms with Crippen molar-refractivity contribution >= 4 is 11.7 Å². The predicted molar refractivity (Wildman–Crippen MR) is 78.6 cm³/mol. The largest absolute Gasteiger partial charge is 0.338 e. The number of aromatic amines is 1. The van der Waals surface area contributed by atoms with Gasteiger partial charge in [-0.3, -0.25) is 14.4 Å². The van der Waals surface area contributed by atoms with Crippen molar-refractivity contribution in [1.82, 2.24) is 9.88 Å². The van der Waals surface area contributed by atoms with Crippen LogP contribution < -0.4 is 5.56 Å². The quantitative estimate of drug-likeness (QED) is 0.856. The third-order valence-corrected chi connectivity index (χ3v) is 4.34. The zero-order chi connectivity index (χ0) is 15.2. The van der Waals surface area contributed by atoms with Crippen molar-refractivity contribution in [3.05, 3.63) is 33.2 Å². The summed E-state index contributed by atoms with van der Waals surface area (Å²) in [6.07, 6.45) is 3.05. The molecule has 0 spiro atoms. The predicted octanol–water partition coefficient (Wildman–Crippen LogP) is 1.77. The summed E-state index contributed by atoms with van der Waals surface area (Å²) in [7, 11) is 0. The number of likely N-dealkylation sites (tertiary alicyclic amines) is 1. The van der Waals surface area contributed by atoms with Crippen molar-refractivity contribution in [1.29, 1.82) is 0 Å². The van der Waals surface area contributed by atoms with Crippen LogP contribution in [-0.2, 0) is 6.42 Å². The Kier molecular flexibility index (Phi) is 3.23. The molecule has 0 radical (unpaired) electrons. The number of amides is 1. The number of ketones is 1. The third kappa shape index (κ3) is 2.52. The minimum atomic E-state index is -0.379. The molecule has 1 amide bonds. The van der Waals surface area contributed by atoms with Gasteiger partial charge in [0.15, 0.2) is 5.78 Å². The van der Waals surface area contributed by atoms with Crippen LogP contribution in [0.4, 0.5) is 0 Å². The van der Waals surface area contributed by atoms with Crippen LogP contribution in [0.5, 0.6) is 0 Å². The number of rotatable bonds is 1. The minimum Gasteiger partial charge on any atom is -0.338 e. The molecule has 0 atom stereocenters. The lowest BCUT2D eigenvalue weighted by atomic mass is 9.75. The number of hydrogen-bond acceptors (Lipinski definition) is 3. The average Bonchev–Trinajstić information content (AvgIpc) is 2.89. The Morgan fingerprint density at radius 1 is 1.19 bits per heavy atom. The van der Waals surface area contributed by atoms with E-state index in [0.29, 0.717) is 37.2 Å². The van der Waals surface area contributed by atoms with E-state index in [-0.39, 0.29) is 28.2 Å². The molecule has 0 unspecified atom stereocenters. The fraction of sp³-hybridized carbons (Fsp3) is 0.562. The van der Waals surface area contributed by atoms with Crippen molar-refractivity contribution < 1.29 is 9.59 Å². The molecule has 1 aliphatic heterocycles.